The predicted molar refractivity (Wildman–Crippen MR) is 94.4 cm³/mol. The van der Waals surface area contributed by atoms with Crippen LogP contribution in [0.2, 0.25) is 0 Å². The smallest absolute Gasteiger partial charge is 0.317 e. The van der Waals surface area contributed by atoms with E-state index in [0.717, 1.165) is 23.5 Å². The van der Waals surface area contributed by atoms with Gasteiger partial charge in [0.05, 0.1) is 13.7 Å². The largest absolute Gasteiger partial charge is 0.497 e. The second-order valence-corrected chi connectivity index (χ2v) is 5.45. The molecular weight excluding hydrogens is 304 g/mol. The molecule has 128 valence electrons. The Bertz CT molecular complexity index is 632. The zero-order valence-electron chi connectivity index (χ0n) is 14.2. The Morgan fingerprint density at radius 1 is 1.08 bits per heavy atom. The lowest BCUT2D eigenvalue weighted by Gasteiger charge is -2.18. The molecule has 5 heteroatoms. The summed E-state index contributed by atoms with van der Waals surface area (Å²) in [5, 5.41) is 2.89. The maximum absolute atomic E-state index is 12.1. The highest BCUT2D eigenvalue weighted by Crippen LogP contribution is 2.13. The molecule has 0 aliphatic heterocycles. The fourth-order valence-electron chi connectivity index (χ4n) is 2.23. The van der Waals surface area contributed by atoms with Gasteiger partial charge in [-0.1, -0.05) is 30.3 Å². The molecule has 2 aromatic carbocycles. The highest BCUT2D eigenvalue weighted by Gasteiger charge is 2.08. The molecule has 24 heavy (non-hydrogen) atoms. The molecule has 0 spiro atoms. The average molecular weight is 328 g/mol. The maximum Gasteiger partial charge on any atom is 0.317 e. The van der Waals surface area contributed by atoms with Crippen molar-refractivity contribution < 1.29 is 14.3 Å². The van der Waals surface area contributed by atoms with Gasteiger partial charge in [-0.2, -0.15) is 0 Å². The average Bonchev–Trinajstić information content (AvgIpc) is 2.62. The number of amides is 2. The number of rotatable bonds is 8. The van der Waals surface area contributed by atoms with Crippen LogP contribution in [0.15, 0.2) is 54.6 Å². The van der Waals surface area contributed by atoms with E-state index in [1.54, 1.807) is 19.1 Å². The van der Waals surface area contributed by atoms with Gasteiger partial charge >= 0.3 is 6.03 Å². The second kappa shape index (κ2) is 9.45. The minimum absolute atomic E-state index is 0.0995. The number of nitrogens with zero attached hydrogens (tertiary/aromatic N) is 1. The summed E-state index contributed by atoms with van der Waals surface area (Å²) < 4.78 is 10.8. The summed E-state index contributed by atoms with van der Waals surface area (Å²) in [6.45, 7) is 1.68. The van der Waals surface area contributed by atoms with Crippen LogP contribution in [0.1, 0.15) is 12.0 Å². The number of ether oxygens (including phenoxy) is 2. The van der Waals surface area contributed by atoms with Crippen molar-refractivity contribution >= 4 is 6.03 Å². The Kier molecular flexibility index (Phi) is 6.95. The van der Waals surface area contributed by atoms with E-state index in [9.17, 15) is 4.79 Å². The molecule has 0 bridgehead atoms. The summed E-state index contributed by atoms with van der Waals surface area (Å²) in [5.74, 6) is 1.64. The lowest BCUT2D eigenvalue weighted by atomic mass is 10.2. The van der Waals surface area contributed by atoms with E-state index >= 15 is 0 Å². The lowest BCUT2D eigenvalue weighted by Crippen LogP contribution is -2.37. The third kappa shape index (κ3) is 5.83. The van der Waals surface area contributed by atoms with Crippen LogP contribution >= 0.6 is 0 Å². The summed E-state index contributed by atoms with van der Waals surface area (Å²) in [6, 6.07) is 17.3. The van der Waals surface area contributed by atoms with E-state index in [-0.39, 0.29) is 6.03 Å². The zero-order chi connectivity index (χ0) is 17.2. The summed E-state index contributed by atoms with van der Waals surface area (Å²) in [7, 11) is 3.41. The Balaban J connectivity index is 1.66. The van der Waals surface area contributed by atoms with Crippen molar-refractivity contribution in [1.82, 2.24) is 10.2 Å². The third-order valence-corrected chi connectivity index (χ3v) is 3.51. The number of hydrogen-bond acceptors (Lipinski definition) is 3. The number of carbonyl (C=O) groups is 1. The van der Waals surface area contributed by atoms with Crippen LogP contribution in [0.4, 0.5) is 4.79 Å². The van der Waals surface area contributed by atoms with Gasteiger partial charge in [0.25, 0.3) is 0 Å². The molecule has 0 aliphatic rings. The predicted octanol–water partition coefficient (Wildman–Crippen LogP) is 3.31. The minimum atomic E-state index is -0.0995. The van der Waals surface area contributed by atoms with Crippen LogP contribution in [0.3, 0.4) is 0 Å². The molecule has 2 rings (SSSR count). The molecule has 0 radical (unpaired) electrons. The van der Waals surface area contributed by atoms with Crippen LogP contribution in [-0.2, 0) is 6.54 Å². The van der Waals surface area contributed by atoms with E-state index in [0.29, 0.717) is 19.7 Å². The molecule has 0 unspecified atom stereocenters. The molecule has 0 aliphatic carbocycles. The number of para-hydroxylation sites is 1. The number of hydrogen-bond donors (Lipinski definition) is 1. The normalized spacial score (nSPS) is 10.1. The van der Waals surface area contributed by atoms with Crippen molar-refractivity contribution in [3.05, 3.63) is 60.2 Å². The number of methoxy groups -OCH3 is 1. The number of urea groups is 1. The minimum Gasteiger partial charge on any atom is -0.497 e. The highest BCUT2D eigenvalue weighted by atomic mass is 16.5. The number of carbonyl (C=O) groups excluding carboxylic acids is 1. The molecule has 0 heterocycles. The van der Waals surface area contributed by atoms with Gasteiger partial charge in [-0.05, 0) is 36.2 Å². The summed E-state index contributed by atoms with van der Waals surface area (Å²) in [5.41, 5.74) is 1.03. The first-order valence-electron chi connectivity index (χ1n) is 7.99. The van der Waals surface area contributed by atoms with Crippen LogP contribution < -0.4 is 14.8 Å². The van der Waals surface area contributed by atoms with E-state index in [2.05, 4.69) is 5.32 Å². The topological polar surface area (TPSA) is 50.8 Å². The lowest BCUT2D eigenvalue weighted by molar-refractivity contribution is 0.205. The molecule has 0 saturated carbocycles. The first-order chi connectivity index (χ1) is 11.7. The van der Waals surface area contributed by atoms with Crippen molar-refractivity contribution in [2.75, 3.05) is 27.3 Å². The molecule has 0 atom stereocenters. The fourth-order valence-corrected chi connectivity index (χ4v) is 2.23. The van der Waals surface area contributed by atoms with E-state index in [1.807, 2.05) is 54.6 Å². The van der Waals surface area contributed by atoms with Gasteiger partial charge in [-0.3, -0.25) is 0 Å². The van der Waals surface area contributed by atoms with Crippen molar-refractivity contribution in [2.45, 2.75) is 13.0 Å². The standard InChI is InChI=1S/C19H24N2O3/c1-21(15-16-8-6-11-18(14-16)23-2)19(22)20-12-7-13-24-17-9-4-3-5-10-17/h3-6,8-11,14H,7,12-13,15H2,1-2H3,(H,20,22). The Labute approximate surface area is 143 Å². The first kappa shape index (κ1) is 17.7. The molecule has 0 saturated heterocycles. The molecule has 1 N–H and O–H groups in total. The zero-order valence-corrected chi connectivity index (χ0v) is 14.2. The Morgan fingerprint density at radius 3 is 2.58 bits per heavy atom. The van der Waals surface area contributed by atoms with E-state index in [1.165, 1.54) is 0 Å². The van der Waals surface area contributed by atoms with Gasteiger partial charge in [-0.25, -0.2) is 4.79 Å². The monoisotopic (exact) mass is 328 g/mol. The third-order valence-electron chi connectivity index (χ3n) is 3.51. The van der Waals surface area contributed by atoms with Gasteiger partial charge in [0.15, 0.2) is 0 Å². The maximum atomic E-state index is 12.1. The van der Waals surface area contributed by atoms with Crippen LogP contribution in [0, 0.1) is 0 Å². The fraction of sp³-hybridized carbons (Fsp3) is 0.316. The SMILES string of the molecule is COc1cccc(CN(C)C(=O)NCCCOc2ccccc2)c1. The van der Waals surface area contributed by atoms with Crippen LogP contribution in [0.5, 0.6) is 11.5 Å². The van der Waals surface area contributed by atoms with Gasteiger partial charge in [0, 0.05) is 20.1 Å². The van der Waals surface area contributed by atoms with Gasteiger partial charge in [0.1, 0.15) is 11.5 Å². The van der Waals surface area contributed by atoms with Gasteiger partial charge in [-0.15, -0.1) is 0 Å². The van der Waals surface area contributed by atoms with Crippen molar-refractivity contribution in [3.8, 4) is 11.5 Å². The highest BCUT2D eigenvalue weighted by molar-refractivity contribution is 5.73. The Morgan fingerprint density at radius 2 is 1.83 bits per heavy atom. The molecule has 2 aromatic rings. The molecule has 2 amide bonds. The van der Waals surface area contributed by atoms with Crippen molar-refractivity contribution in [3.63, 3.8) is 0 Å². The van der Waals surface area contributed by atoms with Crippen LogP contribution in [-0.4, -0.2) is 38.2 Å². The molecular formula is C19H24N2O3. The van der Waals surface area contributed by atoms with Gasteiger partial charge < -0.3 is 19.7 Å². The number of nitrogens with one attached hydrogen (secondary N) is 1. The van der Waals surface area contributed by atoms with E-state index in [4.69, 9.17) is 9.47 Å². The first-order valence-corrected chi connectivity index (χ1v) is 7.99. The summed E-state index contributed by atoms with van der Waals surface area (Å²) in [4.78, 5) is 13.7. The van der Waals surface area contributed by atoms with Gasteiger partial charge in [0.2, 0.25) is 0 Å². The summed E-state index contributed by atoms with van der Waals surface area (Å²) >= 11 is 0. The second-order valence-electron chi connectivity index (χ2n) is 5.45. The van der Waals surface area contributed by atoms with E-state index < -0.39 is 0 Å². The summed E-state index contributed by atoms with van der Waals surface area (Å²) in [6.07, 6.45) is 0.758. The van der Waals surface area contributed by atoms with Crippen LogP contribution in [0.25, 0.3) is 0 Å². The Hall–Kier alpha value is -2.69. The molecule has 0 aromatic heterocycles. The quantitative estimate of drug-likeness (QED) is 0.757. The van der Waals surface area contributed by atoms with Crippen molar-refractivity contribution in [2.24, 2.45) is 0 Å². The number of benzene rings is 2. The molecule has 0 fully saturated rings. The molecule has 5 nitrogen and oxygen atoms in total. The van der Waals surface area contributed by atoms with Crippen molar-refractivity contribution in [1.29, 1.82) is 0 Å².